The van der Waals surface area contributed by atoms with Gasteiger partial charge in [0.1, 0.15) is 0 Å². The van der Waals surface area contributed by atoms with Crippen molar-refractivity contribution in [3.63, 3.8) is 0 Å². The van der Waals surface area contributed by atoms with Gasteiger partial charge in [-0.25, -0.2) is 13.1 Å². The van der Waals surface area contributed by atoms with Crippen molar-refractivity contribution in [3.05, 3.63) is 45.9 Å². The number of aryl methyl sites for hydroxylation is 2. The maximum atomic E-state index is 12.2. The van der Waals surface area contributed by atoms with E-state index in [2.05, 4.69) is 9.71 Å². The van der Waals surface area contributed by atoms with E-state index in [4.69, 9.17) is 0 Å². The van der Waals surface area contributed by atoms with E-state index in [1.807, 2.05) is 19.1 Å². The Balaban J connectivity index is 2.07. The van der Waals surface area contributed by atoms with Gasteiger partial charge in [-0.3, -0.25) is 4.98 Å². The van der Waals surface area contributed by atoms with Crippen LogP contribution in [0.15, 0.2) is 34.8 Å². The van der Waals surface area contributed by atoms with E-state index < -0.39 is 10.0 Å². The maximum Gasteiger partial charge on any atom is 0.240 e. The normalized spacial score (nSPS) is 11.7. The molecule has 4 nitrogen and oxygen atoms in total. The molecule has 102 valence electrons. The minimum absolute atomic E-state index is 0.358. The highest BCUT2D eigenvalue weighted by molar-refractivity contribution is 7.89. The SMILES string of the molecule is Cc1ccc(C)c(S(=O)(=O)NCCc2cncs2)c1. The maximum absolute atomic E-state index is 12.2. The summed E-state index contributed by atoms with van der Waals surface area (Å²) >= 11 is 1.53. The molecule has 0 amide bonds. The summed E-state index contributed by atoms with van der Waals surface area (Å²) in [5.41, 5.74) is 3.44. The van der Waals surface area contributed by atoms with Crippen LogP contribution >= 0.6 is 11.3 Å². The molecule has 0 aliphatic rings. The first-order valence-corrected chi connectivity index (χ1v) is 8.29. The van der Waals surface area contributed by atoms with Gasteiger partial charge in [0.2, 0.25) is 10.0 Å². The second kappa shape index (κ2) is 5.81. The summed E-state index contributed by atoms with van der Waals surface area (Å²) in [5, 5.41) is 0. The molecule has 19 heavy (non-hydrogen) atoms. The van der Waals surface area contributed by atoms with E-state index in [0.717, 1.165) is 16.0 Å². The zero-order chi connectivity index (χ0) is 13.9. The number of rotatable bonds is 5. The Morgan fingerprint density at radius 3 is 2.79 bits per heavy atom. The van der Waals surface area contributed by atoms with E-state index in [9.17, 15) is 8.42 Å². The highest BCUT2D eigenvalue weighted by Gasteiger charge is 2.16. The number of hydrogen-bond donors (Lipinski definition) is 1. The molecule has 0 saturated heterocycles. The number of hydrogen-bond acceptors (Lipinski definition) is 4. The van der Waals surface area contributed by atoms with Gasteiger partial charge in [0.15, 0.2) is 0 Å². The molecule has 0 bridgehead atoms. The van der Waals surface area contributed by atoms with Crippen LogP contribution in [0.2, 0.25) is 0 Å². The van der Waals surface area contributed by atoms with Crippen LogP contribution in [0.4, 0.5) is 0 Å². The molecule has 2 aromatic rings. The molecule has 0 unspecified atom stereocenters. The van der Waals surface area contributed by atoms with Crippen LogP contribution in [-0.2, 0) is 16.4 Å². The minimum atomic E-state index is -3.43. The molecule has 0 atom stereocenters. The van der Waals surface area contributed by atoms with Gasteiger partial charge in [-0.15, -0.1) is 11.3 Å². The summed E-state index contributed by atoms with van der Waals surface area (Å²) in [6, 6.07) is 5.43. The zero-order valence-electron chi connectivity index (χ0n) is 10.9. The fourth-order valence-corrected chi connectivity index (χ4v) is 3.71. The highest BCUT2D eigenvalue weighted by atomic mass is 32.2. The van der Waals surface area contributed by atoms with Crippen LogP contribution in [0.3, 0.4) is 0 Å². The number of aromatic nitrogens is 1. The van der Waals surface area contributed by atoms with Crippen LogP contribution in [-0.4, -0.2) is 19.9 Å². The topological polar surface area (TPSA) is 59.1 Å². The summed E-state index contributed by atoms with van der Waals surface area (Å²) < 4.78 is 27.1. The van der Waals surface area contributed by atoms with Gasteiger partial charge in [-0.05, 0) is 37.5 Å². The summed E-state index contributed by atoms with van der Waals surface area (Å²) in [5.74, 6) is 0. The molecule has 0 aliphatic carbocycles. The molecule has 1 heterocycles. The Morgan fingerprint density at radius 2 is 2.11 bits per heavy atom. The molecule has 0 saturated carbocycles. The van der Waals surface area contributed by atoms with Crippen molar-refractivity contribution >= 4 is 21.4 Å². The Morgan fingerprint density at radius 1 is 1.32 bits per heavy atom. The predicted molar refractivity (Wildman–Crippen MR) is 76.9 cm³/mol. The molecule has 0 aliphatic heterocycles. The van der Waals surface area contributed by atoms with Gasteiger partial charge in [0, 0.05) is 17.6 Å². The quantitative estimate of drug-likeness (QED) is 0.921. The molecule has 2 rings (SSSR count). The first-order valence-electron chi connectivity index (χ1n) is 5.93. The van der Waals surface area contributed by atoms with Crippen molar-refractivity contribution in [1.29, 1.82) is 0 Å². The van der Waals surface area contributed by atoms with Crippen molar-refractivity contribution in [1.82, 2.24) is 9.71 Å². The standard InChI is InChI=1S/C13H16N2O2S2/c1-10-3-4-11(2)13(7-10)19(16,17)15-6-5-12-8-14-9-18-12/h3-4,7-9,15H,5-6H2,1-2H3. The van der Waals surface area contributed by atoms with Crippen molar-refractivity contribution in [2.45, 2.75) is 25.2 Å². The first-order chi connectivity index (χ1) is 8.99. The third-order valence-corrected chi connectivity index (χ3v) is 5.22. The van der Waals surface area contributed by atoms with Crippen LogP contribution in [0.1, 0.15) is 16.0 Å². The lowest BCUT2D eigenvalue weighted by atomic mass is 10.2. The van der Waals surface area contributed by atoms with Gasteiger partial charge in [0.05, 0.1) is 10.4 Å². The average molecular weight is 296 g/mol. The largest absolute Gasteiger partial charge is 0.253 e. The molecule has 1 aromatic carbocycles. The van der Waals surface area contributed by atoms with E-state index in [1.54, 1.807) is 24.7 Å². The van der Waals surface area contributed by atoms with Crippen molar-refractivity contribution in [2.75, 3.05) is 6.54 Å². The van der Waals surface area contributed by atoms with Gasteiger partial charge in [0.25, 0.3) is 0 Å². The molecular formula is C13H16N2O2S2. The van der Waals surface area contributed by atoms with Crippen molar-refractivity contribution in [3.8, 4) is 0 Å². The predicted octanol–water partition coefficient (Wildman–Crippen LogP) is 2.28. The third kappa shape index (κ3) is 3.62. The Labute approximate surface area is 117 Å². The Bertz CT molecular complexity index is 649. The Hall–Kier alpha value is -1.24. The smallest absolute Gasteiger partial charge is 0.240 e. The second-order valence-corrected chi connectivity index (χ2v) is 7.09. The fourth-order valence-electron chi connectivity index (χ4n) is 1.75. The van der Waals surface area contributed by atoms with Crippen molar-refractivity contribution in [2.24, 2.45) is 0 Å². The Kier molecular flexibility index (Phi) is 4.34. The molecule has 0 fully saturated rings. The second-order valence-electron chi connectivity index (χ2n) is 4.38. The lowest BCUT2D eigenvalue weighted by molar-refractivity contribution is 0.581. The minimum Gasteiger partial charge on any atom is -0.253 e. The van der Waals surface area contributed by atoms with Crippen LogP contribution in [0, 0.1) is 13.8 Å². The van der Waals surface area contributed by atoms with E-state index >= 15 is 0 Å². The summed E-state index contributed by atoms with van der Waals surface area (Å²) in [6.45, 7) is 4.07. The monoisotopic (exact) mass is 296 g/mol. The van der Waals surface area contributed by atoms with Gasteiger partial charge < -0.3 is 0 Å². The number of thiazole rings is 1. The summed E-state index contributed by atoms with van der Waals surface area (Å²) in [7, 11) is -3.43. The first kappa shape index (κ1) is 14.2. The van der Waals surface area contributed by atoms with Gasteiger partial charge >= 0.3 is 0 Å². The zero-order valence-corrected chi connectivity index (χ0v) is 12.5. The molecule has 0 radical (unpaired) electrons. The molecule has 1 aromatic heterocycles. The average Bonchev–Trinajstić information content (AvgIpc) is 2.85. The van der Waals surface area contributed by atoms with Crippen molar-refractivity contribution < 1.29 is 8.42 Å². The van der Waals surface area contributed by atoms with E-state index in [-0.39, 0.29) is 0 Å². The number of nitrogens with zero attached hydrogens (tertiary/aromatic N) is 1. The summed E-state index contributed by atoms with van der Waals surface area (Å²) in [4.78, 5) is 5.39. The molecule has 6 heteroatoms. The fraction of sp³-hybridized carbons (Fsp3) is 0.308. The molecular weight excluding hydrogens is 280 g/mol. The number of benzene rings is 1. The number of nitrogens with one attached hydrogen (secondary N) is 1. The van der Waals surface area contributed by atoms with Crippen LogP contribution in [0.25, 0.3) is 0 Å². The number of sulfonamides is 1. The van der Waals surface area contributed by atoms with Gasteiger partial charge in [-0.2, -0.15) is 0 Å². The highest BCUT2D eigenvalue weighted by Crippen LogP contribution is 2.16. The lowest BCUT2D eigenvalue weighted by Crippen LogP contribution is -2.26. The lowest BCUT2D eigenvalue weighted by Gasteiger charge is -2.09. The third-order valence-electron chi connectivity index (χ3n) is 2.78. The van der Waals surface area contributed by atoms with Gasteiger partial charge in [-0.1, -0.05) is 12.1 Å². The van der Waals surface area contributed by atoms with Crippen LogP contribution in [0.5, 0.6) is 0 Å². The van der Waals surface area contributed by atoms with E-state index in [1.165, 1.54) is 11.3 Å². The van der Waals surface area contributed by atoms with Crippen LogP contribution < -0.4 is 4.72 Å². The molecule has 0 spiro atoms. The van der Waals surface area contributed by atoms with E-state index in [0.29, 0.717) is 17.9 Å². The molecule has 1 N–H and O–H groups in total. The summed E-state index contributed by atoms with van der Waals surface area (Å²) in [6.07, 6.45) is 2.42.